The Balaban J connectivity index is 1.76. The van der Waals surface area contributed by atoms with Crippen molar-refractivity contribution in [2.75, 3.05) is 0 Å². The minimum absolute atomic E-state index is 0.0119. The molecule has 0 saturated carbocycles. The molecule has 1 aromatic carbocycles. The monoisotopic (exact) mass is 328 g/mol. The molecular weight excluding hydrogens is 321 g/mol. The summed E-state index contributed by atoms with van der Waals surface area (Å²) >= 11 is 1.24. The lowest BCUT2D eigenvalue weighted by molar-refractivity contribution is -0.137. The molecule has 0 N–H and O–H groups in total. The van der Waals surface area contributed by atoms with Gasteiger partial charge >= 0.3 is 12.1 Å². The summed E-state index contributed by atoms with van der Waals surface area (Å²) in [7, 11) is 0. The highest BCUT2D eigenvalue weighted by Gasteiger charge is 2.31. The quantitative estimate of drug-likeness (QED) is 0.687. The largest absolute Gasteiger partial charge is 0.451 e. The number of halogens is 3. The fourth-order valence-corrected chi connectivity index (χ4v) is 2.25. The van der Waals surface area contributed by atoms with E-state index in [2.05, 4.69) is 9.97 Å². The number of esters is 1. The fourth-order valence-electron chi connectivity index (χ4n) is 1.73. The summed E-state index contributed by atoms with van der Waals surface area (Å²) in [5.74, 6) is -0.641. The van der Waals surface area contributed by atoms with Gasteiger partial charge in [0.2, 0.25) is 5.89 Å². The zero-order valence-electron chi connectivity index (χ0n) is 10.8. The molecule has 2 aromatic heterocycles. The van der Waals surface area contributed by atoms with Crippen LogP contribution in [0.4, 0.5) is 13.2 Å². The van der Waals surface area contributed by atoms with Gasteiger partial charge in [-0.05, 0) is 18.2 Å². The van der Waals surface area contributed by atoms with E-state index in [1.165, 1.54) is 28.3 Å². The lowest BCUT2D eigenvalue weighted by Gasteiger charge is -2.04. The fraction of sp³-hybridized carbons (Fsp3) is 0.154. The second-order valence-corrected chi connectivity index (χ2v) is 4.96. The molecule has 0 radical (unpaired) electrons. The van der Waals surface area contributed by atoms with Crippen molar-refractivity contribution in [3.63, 3.8) is 0 Å². The van der Waals surface area contributed by atoms with Crippen LogP contribution < -0.4 is 0 Å². The summed E-state index contributed by atoms with van der Waals surface area (Å²) in [5, 5.41) is 1.52. The van der Waals surface area contributed by atoms with Gasteiger partial charge in [-0.15, -0.1) is 11.3 Å². The summed E-state index contributed by atoms with van der Waals surface area (Å²) in [6.07, 6.45) is -4.45. The molecule has 0 fully saturated rings. The zero-order chi connectivity index (χ0) is 15.7. The van der Waals surface area contributed by atoms with Gasteiger partial charge in [0.1, 0.15) is 5.52 Å². The predicted molar refractivity (Wildman–Crippen MR) is 70.2 cm³/mol. The second-order valence-electron chi connectivity index (χ2n) is 4.24. The van der Waals surface area contributed by atoms with Crippen LogP contribution in [0, 0.1) is 0 Å². The number of aromatic nitrogens is 2. The molecule has 0 unspecified atom stereocenters. The van der Waals surface area contributed by atoms with E-state index in [9.17, 15) is 18.0 Å². The predicted octanol–water partition coefficient (Wildman–Crippen LogP) is 3.66. The van der Waals surface area contributed by atoms with Gasteiger partial charge in [0, 0.05) is 5.38 Å². The molecular formula is C13H7F3N2O3S. The average Bonchev–Trinajstić information content (AvgIpc) is 3.11. The first kappa shape index (κ1) is 14.5. The van der Waals surface area contributed by atoms with Crippen molar-refractivity contribution in [3.05, 3.63) is 46.2 Å². The van der Waals surface area contributed by atoms with Crippen molar-refractivity contribution in [1.82, 2.24) is 9.97 Å². The van der Waals surface area contributed by atoms with Crippen LogP contribution in [0.5, 0.6) is 0 Å². The van der Waals surface area contributed by atoms with Crippen LogP contribution in [0.1, 0.15) is 21.9 Å². The highest BCUT2D eigenvalue weighted by atomic mass is 32.1. The maximum absolute atomic E-state index is 12.6. The van der Waals surface area contributed by atoms with E-state index in [4.69, 9.17) is 9.15 Å². The van der Waals surface area contributed by atoms with Crippen LogP contribution in [0.25, 0.3) is 11.1 Å². The third kappa shape index (κ3) is 2.93. The van der Waals surface area contributed by atoms with Crippen LogP contribution in [0.2, 0.25) is 0 Å². The van der Waals surface area contributed by atoms with E-state index in [0.717, 1.165) is 12.1 Å². The SMILES string of the molecule is O=C(OCc1nc2cc(C(F)(F)F)ccc2o1)c1cscn1. The molecule has 0 saturated heterocycles. The van der Waals surface area contributed by atoms with Crippen molar-refractivity contribution >= 4 is 28.4 Å². The Bertz CT molecular complexity index is 812. The summed E-state index contributed by atoms with van der Waals surface area (Å²) in [6, 6.07) is 2.96. The molecule has 5 nitrogen and oxygen atoms in total. The summed E-state index contributed by atoms with van der Waals surface area (Å²) in [5.41, 5.74) is 1.05. The number of ether oxygens (including phenoxy) is 1. The van der Waals surface area contributed by atoms with Crippen molar-refractivity contribution in [3.8, 4) is 0 Å². The number of alkyl halides is 3. The number of fused-ring (bicyclic) bond motifs is 1. The Morgan fingerprint density at radius 1 is 1.36 bits per heavy atom. The first-order chi connectivity index (χ1) is 10.4. The normalized spacial score (nSPS) is 11.8. The molecule has 0 spiro atoms. The molecule has 2 heterocycles. The van der Waals surface area contributed by atoms with E-state index in [1.54, 1.807) is 0 Å². The van der Waals surface area contributed by atoms with E-state index in [-0.39, 0.29) is 29.3 Å². The van der Waals surface area contributed by atoms with Gasteiger partial charge in [-0.3, -0.25) is 0 Å². The summed E-state index contributed by atoms with van der Waals surface area (Å²) in [4.78, 5) is 19.2. The average molecular weight is 328 g/mol. The number of hydrogen-bond donors (Lipinski definition) is 0. The van der Waals surface area contributed by atoms with E-state index in [0.29, 0.717) is 0 Å². The number of benzene rings is 1. The molecule has 0 aliphatic heterocycles. The molecule has 3 rings (SSSR count). The van der Waals surface area contributed by atoms with Gasteiger partial charge in [-0.1, -0.05) is 0 Å². The molecule has 3 aromatic rings. The van der Waals surface area contributed by atoms with Crippen LogP contribution in [0.3, 0.4) is 0 Å². The van der Waals surface area contributed by atoms with Crippen molar-refractivity contribution in [1.29, 1.82) is 0 Å². The Hall–Kier alpha value is -2.42. The van der Waals surface area contributed by atoms with Gasteiger partial charge < -0.3 is 9.15 Å². The third-order valence-corrected chi connectivity index (χ3v) is 3.31. The number of carbonyl (C=O) groups is 1. The minimum atomic E-state index is -4.45. The van der Waals surface area contributed by atoms with Crippen LogP contribution in [-0.4, -0.2) is 15.9 Å². The minimum Gasteiger partial charge on any atom is -0.451 e. The molecule has 0 bridgehead atoms. The van der Waals surface area contributed by atoms with Gasteiger partial charge in [-0.25, -0.2) is 14.8 Å². The van der Waals surface area contributed by atoms with Crippen LogP contribution in [-0.2, 0) is 17.5 Å². The molecule has 0 aliphatic rings. The van der Waals surface area contributed by atoms with Crippen LogP contribution >= 0.6 is 11.3 Å². The lowest BCUT2D eigenvalue weighted by atomic mass is 10.2. The Morgan fingerprint density at radius 3 is 2.86 bits per heavy atom. The summed E-state index contributed by atoms with van der Waals surface area (Å²) < 4.78 is 48.0. The highest BCUT2D eigenvalue weighted by Crippen LogP contribution is 2.31. The molecule has 114 valence electrons. The van der Waals surface area contributed by atoms with Gasteiger partial charge in [0.05, 0.1) is 11.1 Å². The number of thiazole rings is 1. The van der Waals surface area contributed by atoms with Crippen LogP contribution in [0.15, 0.2) is 33.5 Å². The standard InChI is InChI=1S/C13H7F3N2O3S/c14-13(15,16)7-1-2-10-8(3-7)18-11(21-10)4-20-12(19)9-5-22-6-17-9/h1-3,5-6H,4H2. The van der Waals surface area contributed by atoms with Gasteiger partial charge in [-0.2, -0.15) is 13.2 Å². The summed E-state index contributed by atoms with van der Waals surface area (Å²) in [6.45, 7) is -0.285. The van der Waals surface area contributed by atoms with E-state index >= 15 is 0 Å². The molecule has 0 aliphatic carbocycles. The molecule has 22 heavy (non-hydrogen) atoms. The molecule has 0 atom stereocenters. The first-order valence-corrected chi connectivity index (χ1v) is 6.90. The zero-order valence-corrected chi connectivity index (χ0v) is 11.6. The smallest absolute Gasteiger partial charge is 0.416 e. The number of hydrogen-bond acceptors (Lipinski definition) is 6. The number of oxazole rings is 1. The Morgan fingerprint density at radius 2 is 2.18 bits per heavy atom. The van der Waals surface area contributed by atoms with E-state index in [1.807, 2.05) is 0 Å². The third-order valence-electron chi connectivity index (χ3n) is 2.73. The lowest BCUT2D eigenvalue weighted by Crippen LogP contribution is -2.05. The van der Waals surface area contributed by atoms with Gasteiger partial charge in [0.15, 0.2) is 17.9 Å². The Kier molecular flexibility index (Phi) is 3.57. The molecule has 9 heteroatoms. The Labute approximate surface area is 125 Å². The number of carbonyl (C=O) groups excluding carboxylic acids is 1. The number of nitrogens with zero attached hydrogens (tertiary/aromatic N) is 2. The van der Waals surface area contributed by atoms with E-state index < -0.39 is 17.7 Å². The highest BCUT2D eigenvalue weighted by molar-refractivity contribution is 7.07. The van der Waals surface area contributed by atoms with Gasteiger partial charge in [0.25, 0.3) is 0 Å². The van der Waals surface area contributed by atoms with Crippen molar-refractivity contribution in [2.24, 2.45) is 0 Å². The number of rotatable bonds is 3. The molecule has 0 amide bonds. The first-order valence-electron chi connectivity index (χ1n) is 5.95. The van der Waals surface area contributed by atoms with Crippen molar-refractivity contribution in [2.45, 2.75) is 12.8 Å². The second kappa shape index (κ2) is 5.41. The maximum Gasteiger partial charge on any atom is 0.416 e. The maximum atomic E-state index is 12.6. The topological polar surface area (TPSA) is 65.2 Å². The van der Waals surface area contributed by atoms with Crippen molar-refractivity contribution < 1.29 is 27.1 Å².